The largest absolute Gasteiger partial charge is 0.368 e. The van der Waals surface area contributed by atoms with Crippen LogP contribution in [0.1, 0.15) is 12.8 Å². The van der Waals surface area contributed by atoms with Gasteiger partial charge < -0.3 is 9.64 Å². The highest BCUT2D eigenvalue weighted by molar-refractivity contribution is 5.97. The van der Waals surface area contributed by atoms with Crippen LogP contribution in [0.15, 0.2) is 24.4 Å². The van der Waals surface area contributed by atoms with Gasteiger partial charge >= 0.3 is 0 Å². The summed E-state index contributed by atoms with van der Waals surface area (Å²) in [5, 5.41) is 0. The van der Waals surface area contributed by atoms with E-state index in [4.69, 9.17) is 4.74 Å². The SMILES string of the molecule is O=C(C1CCCO1)N1CCN(c2ccccn2)C(=O)C1. The summed E-state index contributed by atoms with van der Waals surface area (Å²) in [7, 11) is 0. The van der Waals surface area contributed by atoms with E-state index in [9.17, 15) is 9.59 Å². The summed E-state index contributed by atoms with van der Waals surface area (Å²) >= 11 is 0. The first kappa shape index (κ1) is 13.1. The first-order valence-corrected chi connectivity index (χ1v) is 6.87. The van der Waals surface area contributed by atoms with Crippen molar-refractivity contribution in [3.63, 3.8) is 0 Å². The van der Waals surface area contributed by atoms with Gasteiger partial charge in [-0.1, -0.05) is 6.07 Å². The van der Waals surface area contributed by atoms with Crippen molar-refractivity contribution in [1.82, 2.24) is 9.88 Å². The first-order chi connectivity index (χ1) is 9.75. The van der Waals surface area contributed by atoms with Gasteiger partial charge in [-0.2, -0.15) is 0 Å². The fourth-order valence-electron chi connectivity index (χ4n) is 2.59. The molecule has 1 aromatic heterocycles. The number of aromatic nitrogens is 1. The number of pyridine rings is 1. The molecule has 0 aliphatic carbocycles. The standard InChI is InChI=1S/C14H17N3O3/c18-13-10-16(14(19)11-4-3-9-20-11)7-8-17(13)12-5-1-2-6-15-12/h1-2,5-6,11H,3-4,7-10H2. The van der Waals surface area contributed by atoms with Crippen molar-refractivity contribution >= 4 is 17.6 Å². The number of piperazine rings is 1. The summed E-state index contributed by atoms with van der Waals surface area (Å²) in [5.41, 5.74) is 0. The van der Waals surface area contributed by atoms with Gasteiger partial charge in [0.25, 0.3) is 5.91 Å². The van der Waals surface area contributed by atoms with E-state index in [1.165, 1.54) is 0 Å². The molecule has 3 heterocycles. The Labute approximate surface area is 117 Å². The van der Waals surface area contributed by atoms with Crippen LogP contribution in [-0.4, -0.2) is 54.0 Å². The number of carbonyl (C=O) groups excluding carboxylic acids is 2. The minimum absolute atomic E-state index is 0.0588. The Morgan fingerprint density at radius 3 is 2.90 bits per heavy atom. The number of anilines is 1. The Morgan fingerprint density at radius 2 is 2.25 bits per heavy atom. The van der Waals surface area contributed by atoms with Crippen LogP contribution in [0.2, 0.25) is 0 Å². The minimum Gasteiger partial charge on any atom is -0.368 e. The van der Waals surface area contributed by atoms with E-state index in [-0.39, 0.29) is 24.5 Å². The summed E-state index contributed by atoms with van der Waals surface area (Å²) in [6.45, 7) is 1.75. The summed E-state index contributed by atoms with van der Waals surface area (Å²) < 4.78 is 5.39. The van der Waals surface area contributed by atoms with Crippen molar-refractivity contribution in [2.45, 2.75) is 18.9 Å². The Bertz CT molecular complexity index is 500. The van der Waals surface area contributed by atoms with Crippen LogP contribution in [0.25, 0.3) is 0 Å². The molecular weight excluding hydrogens is 258 g/mol. The average Bonchev–Trinajstić information content (AvgIpc) is 3.01. The van der Waals surface area contributed by atoms with Gasteiger partial charge in [0.1, 0.15) is 18.5 Å². The van der Waals surface area contributed by atoms with Gasteiger partial charge in [-0.15, -0.1) is 0 Å². The molecule has 6 heteroatoms. The van der Waals surface area contributed by atoms with E-state index < -0.39 is 0 Å². The molecule has 2 amide bonds. The number of ether oxygens (including phenoxy) is 1. The summed E-state index contributed by atoms with van der Waals surface area (Å²) in [5.74, 6) is 0.486. The van der Waals surface area contributed by atoms with Crippen LogP contribution >= 0.6 is 0 Å². The molecule has 1 atom stereocenters. The monoisotopic (exact) mass is 275 g/mol. The summed E-state index contributed by atoms with van der Waals surface area (Å²) in [6.07, 6.45) is 2.97. The lowest BCUT2D eigenvalue weighted by Gasteiger charge is -2.34. The number of carbonyl (C=O) groups is 2. The van der Waals surface area contributed by atoms with Gasteiger partial charge in [0.05, 0.1) is 0 Å². The number of amides is 2. The summed E-state index contributed by atoms with van der Waals surface area (Å²) in [4.78, 5) is 31.8. The van der Waals surface area contributed by atoms with E-state index in [2.05, 4.69) is 4.98 Å². The quantitative estimate of drug-likeness (QED) is 0.785. The molecule has 0 saturated carbocycles. The maximum absolute atomic E-state index is 12.2. The second-order valence-corrected chi connectivity index (χ2v) is 4.99. The molecule has 2 fully saturated rings. The maximum atomic E-state index is 12.2. The molecule has 2 saturated heterocycles. The van der Waals surface area contributed by atoms with Gasteiger partial charge in [-0.25, -0.2) is 4.98 Å². The number of hydrogen-bond acceptors (Lipinski definition) is 4. The third-order valence-corrected chi connectivity index (χ3v) is 3.66. The lowest BCUT2D eigenvalue weighted by Crippen LogP contribution is -2.54. The topological polar surface area (TPSA) is 62.7 Å². The number of rotatable bonds is 2. The zero-order chi connectivity index (χ0) is 13.9. The molecule has 106 valence electrons. The van der Waals surface area contributed by atoms with Crippen molar-refractivity contribution in [2.75, 3.05) is 31.1 Å². The fraction of sp³-hybridized carbons (Fsp3) is 0.500. The molecule has 1 aromatic rings. The van der Waals surface area contributed by atoms with Crippen molar-refractivity contribution in [3.05, 3.63) is 24.4 Å². The highest BCUT2D eigenvalue weighted by atomic mass is 16.5. The van der Waals surface area contributed by atoms with Crippen molar-refractivity contribution < 1.29 is 14.3 Å². The zero-order valence-corrected chi connectivity index (χ0v) is 11.2. The van der Waals surface area contributed by atoms with Gasteiger partial charge in [-0.05, 0) is 25.0 Å². The first-order valence-electron chi connectivity index (χ1n) is 6.87. The van der Waals surface area contributed by atoms with Crippen LogP contribution in [0.4, 0.5) is 5.82 Å². The van der Waals surface area contributed by atoms with E-state index in [0.717, 1.165) is 12.8 Å². The lowest BCUT2D eigenvalue weighted by atomic mass is 10.2. The smallest absolute Gasteiger partial charge is 0.252 e. The van der Waals surface area contributed by atoms with Crippen LogP contribution in [0, 0.1) is 0 Å². The lowest BCUT2D eigenvalue weighted by molar-refractivity contribution is -0.144. The average molecular weight is 275 g/mol. The third kappa shape index (κ3) is 2.51. The van der Waals surface area contributed by atoms with Gasteiger partial charge in [0, 0.05) is 25.9 Å². The van der Waals surface area contributed by atoms with Gasteiger partial charge in [0.2, 0.25) is 5.91 Å². The van der Waals surface area contributed by atoms with Crippen molar-refractivity contribution in [3.8, 4) is 0 Å². The maximum Gasteiger partial charge on any atom is 0.252 e. The molecular formula is C14H17N3O3. The molecule has 6 nitrogen and oxygen atoms in total. The van der Waals surface area contributed by atoms with Crippen molar-refractivity contribution in [2.24, 2.45) is 0 Å². The Kier molecular flexibility index (Phi) is 3.64. The molecule has 2 aliphatic heterocycles. The van der Waals surface area contributed by atoms with Crippen LogP contribution in [-0.2, 0) is 14.3 Å². The second kappa shape index (κ2) is 5.58. The molecule has 0 aromatic carbocycles. The summed E-state index contributed by atoms with van der Waals surface area (Å²) in [6, 6.07) is 5.46. The third-order valence-electron chi connectivity index (χ3n) is 3.66. The minimum atomic E-state index is -0.357. The molecule has 2 aliphatic rings. The van der Waals surface area contributed by atoms with Gasteiger partial charge in [0.15, 0.2) is 0 Å². The normalized spacial score (nSPS) is 23.2. The fourth-order valence-corrected chi connectivity index (χ4v) is 2.59. The van der Waals surface area contributed by atoms with E-state index in [1.807, 2.05) is 12.1 Å². The van der Waals surface area contributed by atoms with E-state index in [1.54, 1.807) is 22.1 Å². The van der Waals surface area contributed by atoms with Gasteiger partial charge in [-0.3, -0.25) is 14.5 Å². The molecule has 0 radical (unpaired) electrons. The predicted octanol–water partition coefficient (Wildman–Crippen LogP) is 0.436. The van der Waals surface area contributed by atoms with E-state index in [0.29, 0.717) is 25.5 Å². The highest BCUT2D eigenvalue weighted by Gasteiger charge is 2.33. The van der Waals surface area contributed by atoms with E-state index >= 15 is 0 Å². The Hall–Kier alpha value is -1.95. The second-order valence-electron chi connectivity index (χ2n) is 4.99. The van der Waals surface area contributed by atoms with Crippen LogP contribution in [0.5, 0.6) is 0 Å². The molecule has 20 heavy (non-hydrogen) atoms. The Balaban J connectivity index is 1.65. The number of nitrogens with zero attached hydrogens (tertiary/aromatic N) is 3. The number of hydrogen-bond donors (Lipinski definition) is 0. The van der Waals surface area contributed by atoms with Crippen molar-refractivity contribution in [1.29, 1.82) is 0 Å². The molecule has 0 bridgehead atoms. The molecule has 3 rings (SSSR count). The molecule has 1 unspecified atom stereocenters. The van der Waals surface area contributed by atoms with Crippen LogP contribution in [0.3, 0.4) is 0 Å². The zero-order valence-electron chi connectivity index (χ0n) is 11.2. The molecule has 0 N–H and O–H groups in total. The Morgan fingerprint density at radius 1 is 1.35 bits per heavy atom. The van der Waals surface area contributed by atoms with Crippen LogP contribution < -0.4 is 4.90 Å². The highest BCUT2D eigenvalue weighted by Crippen LogP contribution is 2.18. The predicted molar refractivity (Wildman–Crippen MR) is 72.1 cm³/mol. The molecule has 0 spiro atoms.